The average Bonchev–Trinajstić information content (AvgIpc) is 3.41. The molecule has 0 aliphatic heterocycles. The molecule has 2 amide bonds. The van der Waals surface area contributed by atoms with Gasteiger partial charge in [-0.2, -0.15) is 0 Å². The molecule has 1 fully saturated rings. The molecular weight excluding hydrogens is 318 g/mol. The van der Waals surface area contributed by atoms with E-state index in [4.69, 9.17) is 10.5 Å². The zero-order valence-electron chi connectivity index (χ0n) is 13.9. The first-order valence-corrected chi connectivity index (χ1v) is 8.44. The smallest absolute Gasteiger partial charge is 0.248 e. The first kappa shape index (κ1) is 17.0. The normalized spacial score (nSPS) is 13.3. The van der Waals surface area contributed by atoms with Crippen LogP contribution in [0.25, 0.3) is 0 Å². The van der Waals surface area contributed by atoms with Crippen LogP contribution in [-0.2, 0) is 4.79 Å². The van der Waals surface area contributed by atoms with Crippen molar-refractivity contribution in [2.45, 2.75) is 32.1 Å². The number of anilines is 1. The van der Waals surface area contributed by atoms with Crippen LogP contribution < -0.4 is 15.8 Å². The summed E-state index contributed by atoms with van der Waals surface area (Å²) < 4.78 is 5.60. The van der Waals surface area contributed by atoms with Gasteiger partial charge in [-0.25, -0.2) is 4.98 Å². The molecular formula is C19H21N3O3. The molecule has 0 spiro atoms. The van der Waals surface area contributed by atoms with Crippen molar-refractivity contribution in [1.82, 2.24) is 4.98 Å². The van der Waals surface area contributed by atoms with Gasteiger partial charge in [-0.1, -0.05) is 18.9 Å². The van der Waals surface area contributed by atoms with E-state index in [1.807, 2.05) is 0 Å². The van der Waals surface area contributed by atoms with Gasteiger partial charge in [-0.05, 0) is 43.0 Å². The maximum Gasteiger partial charge on any atom is 0.248 e. The van der Waals surface area contributed by atoms with Gasteiger partial charge in [0.25, 0.3) is 0 Å². The lowest BCUT2D eigenvalue weighted by Gasteiger charge is -2.08. The fourth-order valence-corrected chi connectivity index (χ4v) is 2.53. The van der Waals surface area contributed by atoms with Gasteiger partial charge in [0.05, 0.1) is 11.9 Å². The molecule has 1 aliphatic rings. The molecule has 25 heavy (non-hydrogen) atoms. The van der Waals surface area contributed by atoms with Gasteiger partial charge in [0.1, 0.15) is 5.75 Å². The van der Waals surface area contributed by atoms with Crippen LogP contribution in [0.5, 0.6) is 11.6 Å². The summed E-state index contributed by atoms with van der Waals surface area (Å²) in [4.78, 5) is 27.2. The lowest BCUT2D eigenvalue weighted by Crippen LogP contribution is -2.11. The molecule has 3 rings (SSSR count). The predicted molar refractivity (Wildman–Crippen MR) is 94.5 cm³/mol. The number of carbonyl (C=O) groups excluding carboxylic acids is 2. The van der Waals surface area contributed by atoms with E-state index in [-0.39, 0.29) is 5.91 Å². The minimum Gasteiger partial charge on any atom is -0.439 e. The van der Waals surface area contributed by atoms with Gasteiger partial charge < -0.3 is 15.8 Å². The molecule has 1 saturated carbocycles. The number of hydrogen-bond donors (Lipinski definition) is 2. The SMILES string of the molecule is NC(=O)c1cccc(Oc2ccc(NC(=O)CCCC3CC3)cn2)c1. The van der Waals surface area contributed by atoms with Gasteiger partial charge >= 0.3 is 0 Å². The maximum absolute atomic E-state index is 11.9. The van der Waals surface area contributed by atoms with E-state index < -0.39 is 5.91 Å². The van der Waals surface area contributed by atoms with E-state index in [1.165, 1.54) is 12.8 Å². The Hall–Kier alpha value is -2.89. The number of aromatic nitrogens is 1. The summed E-state index contributed by atoms with van der Waals surface area (Å²) >= 11 is 0. The van der Waals surface area contributed by atoms with Crippen LogP contribution in [-0.4, -0.2) is 16.8 Å². The number of nitrogens with one attached hydrogen (secondary N) is 1. The Morgan fingerprint density at radius 2 is 2.08 bits per heavy atom. The van der Waals surface area contributed by atoms with E-state index in [1.54, 1.807) is 42.6 Å². The second-order valence-electron chi connectivity index (χ2n) is 6.26. The number of nitrogens with zero attached hydrogens (tertiary/aromatic N) is 1. The third-order valence-electron chi connectivity index (χ3n) is 4.07. The molecule has 6 heteroatoms. The van der Waals surface area contributed by atoms with Gasteiger partial charge in [-0.15, -0.1) is 0 Å². The summed E-state index contributed by atoms with van der Waals surface area (Å²) in [5.74, 6) is 1.18. The highest BCUT2D eigenvalue weighted by Crippen LogP contribution is 2.33. The van der Waals surface area contributed by atoms with Crippen LogP contribution in [0.1, 0.15) is 42.5 Å². The maximum atomic E-state index is 11.9. The Labute approximate surface area is 146 Å². The second-order valence-corrected chi connectivity index (χ2v) is 6.26. The molecule has 1 heterocycles. The summed E-state index contributed by atoms with van der Waals surface area (Å²) in [6.45, 7) is 0. The average molecular weight is 339 g/mol. The Kier molecular flexibility index (Phi) is 5.28. The third-order valence-corrected chi connectivity index (χ3v) is 4.07. The van der Waals surface area contributed by atoms with E-state index in [0.29, 0.717) is 29.3 Å². The van der Waals surface area contributed by atoms with Crippen molar-refractivity contribution >= 4 is 17.5 Å². The van der Waals surface area contributed by atoms with E-state index >= 15 is 0 Å². The first-order valence-electron chi connectivity index (χ1n) is 8.44. The first-order chi connectivity index (χ1) is 12.1. The summed E-state index contributed by atoms with van der Waals surface area (Å²) in [7, 11) is 0. The third kappa shape index (κ3) is 5.31. The van der Waals surface area contributed by atoms with Gasteiger partial charge in [0.2, 0.25) is 17.7 Å². The highest BCUT2D eigenvalue weighted by Gasteiger charge is 2.20. The molecule has 0 unspecified atom stereocenters. The van der Waals surface area contributed by atoms with Crippen molar-refractivity contribution in [2.75, 3.05) is 5.32 Å². The predicted octanol–water partition coefficient (Wildman–Crippen LogP) is 3.49. The zero-order chi connectivity index (χ0) is 17.6. The number of pyridine rings is 1. The van der Waals surface area contributed by atoms with Gasteiger partial charge in [0.15, 0.2) is 0 Å². The van der Waals surface area contributed by atoms with Crippen LogP contribution >= 0.6 is 0 Å². The summed E-state index contributed by atoms with van der Waals surface area (Å²) in [6, 6.07) is 9.97. The lowest BCUT2D eigenvalue weighted by atomic mass is 10.1. The van der Waals surface area contributed by atoms with Crippen LogP contribution in [0.3, 0.4) is 0 Å². The number of ether oxygens (including phenoxy) is 1. The number of primary amides is 1. The largest absolute Gasteiger partial charge is 0.439 e. The van der Waals surface area contributed by atoms with Crippen molar-refractivity contribution < 1.29 is 14.3 Å². The second kappa shape index (κ2) is 7.79. The van der Waals surface area contributed by atoms with Crippen molar-refractivity contribution in [2.24, 2.45) is 11.7 Å². The Morgan fingerprint density at radius 1 is 1.24 bits per heavy atom. The zero-order valence-corrected chi connectivity index (χ0v) is 13.9. The summed E-state index contributed by atoms with van der Waals surface area (Å²) in [5, 5.41) is 2.83. The highest BCUT2D eigenvalue weighted by molar-refractivity contribution is 5.93. The Bertz CT molecular complexity index is 755. The monoisotopic (exact) mass is 339 g/mol. The number of amides is 2. The number of hydrogen-bond acceptors (Lipinski definition) is 4. The summed E-state index contributed by atoms with van der Waals surface area (Å²) in [6.07, 6.45) is 6.79. The van der Waals surface area contributed by atoms with E-state index in [2.05, 4.69) is 10.3 Å². The van der Waals surface area contributed by atoms with Crippen LogP contribution in [0, 0.1) is 5.92 Å². The quantitative estimate of drug-likeness (QED) is 0.769. The molecule has 1 aliphatic carbocycles. The van der Waals surface area contributed by atoms with E-state index in [0.717, 1.165) is 18.8 Å². The standard InChI is InChI=1S/C19H21N3O3/c20-19(24)14-4-2-5-16(11-14)25-18-10-9-15(12-21-18)22-17(23)6-1-3-13-7-8-13/h2,4-5,9-13H,1,3,6-8H2,(H2,20,24)(H,22,23). The van der Waals surface area contributed by atoms with Crippen LogP contribution in [0.2, 0.25) is 0 Å². The van der Waals surface area contributed by atoms with Crippen molar-refractivity contribution in [1.29, 1.82) is 0 Å². The molecule has 0 radical (unpaired) electrons. The Morgan fingerprint density at radius 3 is 2.76 bits per heavy atom. The van der Waals surface area contributed by atoms with Crippen molar-refractivity contribution in [3.8, 4) is 11.6 Å². The number of rotatable bonds is 8. The minimum absolute atomic E-state index is 0.00489. The van der Waals surface area contributed by atoms with Gasteiger partial charge in [-0.3, -0.25) is 9.59 Å². The molecule has 1 aromatic heterocycles. The van der Waals surface area contributed by atoms with Crippen LogP contribution in [0.4, 0.5) is 5.69 Å². The number of carbonyl (C=O) groups is 2. The van der Waals surface area contributed by atoms with Crippen LogP contribution in [0.15, 0.2) is 42.6 Å². The molecule has 0 saturated heterocycles. The topological polar surface area (TPSA) is 94.3 Å². The van der Waals surface area contributed by atoms with Crippen molar-refractivity contribution in [3.05, 3.63) is 48.2 Å². The molecule has 3 N–H and O–H groups in total. The molecule has 2 aromatic rings. The molecule has 130 valence electrons. The number of benzene rings is 1. The minimum atomic E-state index is -0.516. The van der Waals surface area contributed by atoms with E-state index in [9.17, 15) is 9.59 Å². The molecule has 1 aromatic carbocycles. The van der Waals surface area contributed by atoms with Crippen molar-refractivity contribution in [3.63, 3.8) is 0 Å². The Balaban J connectivity index is 1.51. The number of nitrogens with two attached hydrogens (primary N) is 1. The fourth-order valence-electron chi connectivity index (χ4n) is 2.53. The fraction of sp³-hybridized carbons (Fsp3) is 0.316. The molecule has 0 atom stereocenters. The molecule has 6 nitrogen and oxygen atoms in total. The van der Waals surface area contributed by atoms with Gasteiger partial charge in [0, 0.05) is 18.1 Å². The lowest BCUT2D eigenvalue weighted by molar-refractivity contribution is -0.116. The highest BCUT2D eigenvalue weighted by atomic mass is 16.5. The molecule has 0 bridgehead atoms. The summed E-state index contributed by atoms with van der Waals surface area (Å²) in [5.41, 5.74) is 6.25.